The molecule has 1 aromatic rings. The zero-order valence-electron chi connectivity index (χ0n) is 15.3. The molecule has 1 heterocycles. The first-order chi connectivity index (χ1) is 10.5. The van der Waals surface area contributed by atoms with Gasteiger partial charge in [0.1, 0.15) is 5.01 Å². The Bertz CT molecular complexity index is 576. The fraction of sp³-hybridized carbons (Fsp3) is 0.778. The molecular formula is C18H30N2O2S. The maximum Gasteiger partial charge on any atom is 0.304 e. The lowest BCUT2D eigenvalue weighted by Gasteiger charge is -2.39. The molecule has 0 atom stereocenters. The lowest BCUT2D eigenvalue weighted by Crippen LogP contribution is -2.33. The number of thiazole rings is 1. The molecule has 0 spiro atoms. The molecule has 1 aliphatic carbocycles. The molecule has 0 bridgehead atoms. The Morgan fingerprint density at radius 3 is 2.57 bits per heavy atom. The molecule has 0 radical (unpaired) electrons. The normalized spacial score (nSPS) is 19.1. The third-order valence-electron chi connectivity index (χ3n) is 4.60. The average Bonchev–Trinajstić information content (AvgIpc) is 2.74. The van der Waals surface area contributed by atoms with E-state index in [2.05, 4.69) is 46.4 Å². The van der Waals surface area contributed by atoms with Crippen LogP contribution in [-0.4, -0.2) is 33.5 Å². The number of carbonyl (C=O) groups is 1. The summed E-state index contributed by atoms with van der Waals surface area (Å²) in [6, 6.07) is 0.319. The number of rotatable bonds is 6. The zero-order chi connectivity index (χ0) is 17.4. The molecule has 0 fully saturated rings. The lowest BCUT2D eigenvalue weighted by molar-refractivity contribution is -0.137. The third kappa shape index (κ3) is 4.54. The van der Waals surface area contributed by atoms with E-state index >= 15 is 0 Å². The summed E-state index contributed by atoms with van der Waals surface area (Å²) in [4.78, 5) is 19.4. The highest BCUT2D eigenvalue weighted by molar-refractivity contribution is 7.11. The van der Waals surface area contributed by atoms with Gasteiger partial charge in [-0.25, -0.2) is 4.98 Å². The summed E-state index contributed by atoms with van der Waals surface area (Å²) in [7, 11) is 0. The summed E-state index contributed by atoms with van der Waals surface area (Å²) in [5.41, 5.74) is 1.73. The first-order valence-electron chi connectivity index (χ1n) is 8.45. The first-order valence-corrected chi connectivity index (χ1v) is 9.27. The topological polar surface area (TPSA) is 53.4 Å². The van der Waals surface area contributed by atoms with Crippen molar-refractivity contribution in [1.29, 1.82) is 0 Å². The molecule has 23 heavy (non-hydrogen) atoms. The first kappa shape index (κ1) is 18.4. The zero-order valence-corrected chi connectivity index (χ0v) is 16.1. The van der Waals surface area contributed by atoms with Crippen LogP contribution in [0.3, 0.4) is 0 Å². The van der Waals surface area contributed by atoms with E-state index in [1.165, 1.54) is 17.0 Å². The van der Waals surface area contributed by atoms with Gasteiger partial charge in [-0.15, -0.1) is 11.3 Å². The predicted molar refractivity (Wildman–Crippen MR) is 95.0 cm³/mol. The van der Waals surface area contributed by atoms with Crippen LogP contribution in [0.15, 0.2) is 0 Å². The minimum Gasteiger partial charge on any atom is -0.481 e. The number of aliphatic carboxylic acids is 1. The van der Waals surface area contributed by atoms with Gasteiger partial charge in [0.2, 0.25) is 0 Å². The summed E-state index contributed by atoms with van der Waals surface area (Å²) < 4.78 is 0. The van der Waals surface area contributed by atoms with E-state index in [0.717, 1.165) is 18.0 Å². The molecule has 0 saturated carbocycles. The van der Waals surface area contributed by atoms with Gasteiger partial charge in [0, 0.05) is 22.9 Å². The maximum absolute atomic E-state index is 10.9. The monoisotopic (exact) mass is 338 g/mol. The fourth-order valence-electron chi connectivity index (χ4n) is 3.84. The fourth-order valence-corrected chi connectivity index (χ4v) is 5.05. The van der Waals surface area contributed by atoms with Crippen LogP contribution in [-0.2, 0) is 23.2 Å². The van der Waals surface area contributed by atoms with Crippen molar-refractivity contribution in [1.82, 2.24) is 9.88 Å². The summed E-state index contributed by atoms with van der Waals surface area (Å²) >= 11 is 1.82. The van der Waals surface area contributed by atoms with Gasteiger partial charge < -0.3 is 5.11 Å². The SMILES string of the molecule is CC(C)N(CCC(=O)O)Cc1nc2c(s1)C(C)(C)CC(C)(C)C2. The summed E-state index contributed by atoms with van der Waals surface area (Å²) in [5, 5.41) is 10.1. The highest BCUT2D eigenvalue weighted by Gasteiger charge is 2.40. The van der Waals surface area contributed by atoms with Crippen molar-refractivity contribution in [2.75, 3.05) is 6.54 Å². The molecular weight excluding hydrogens is 308 g/mol. The van der Waals surface area contributed by atoms with Crippen molar-refractivity contribution >= 4 is 17.3 Å². The van der Waals surface area contributed by atoms with Crippen LogP contribution in [0.5, 0.6) is 0 Å². The molecule has 1 N–H and O–H groups in total. The van der Waals surface area contributed by atoms with E-state index in [1.807, 2.05) is 11.3 Å². The van der Waals surface area contributed by atoms with Gasteiger partial charge in [-0.05, 0) is 32.1 Å². The number of hydrogen-bond donors (Lipinski definition) is 1. The van der Waals surface area contributed by atoms with Crippen molar-refractivity contribution in [2.45, 2.75) is 78.8 Å². The third-order valence-corrected chi connectivity index (χ3v) is 6.05. The predicted octanol–water partition coefficient (Wildman–Crippen LogP) is 4.08. The Hall–Kier alpha value is -0.940. The van der Waals surface area contributed by atoms with Gasteiger partial charge in [-0.3, -0.25) is 9.69 Å². The standard InChI is InChI=1S/C18H30N2O2S/c1-12(2)20(8-7-15(21)22)10-14-19-13-9-17(3,4)11-18(5,6)16(13)23-14/h12H,7-11H2,1-6H3,(H,21,22). The van der Waals surface area contributed by atoms with Gasteiger partial charge in [0.25, 0.3) is 0 Å². The van der Waals surface area contributed by atoms with E-state index in [4.69, 9.17) is 10.1 Å². The second-order valence-electron chi connectivity index (χ2n) is 8.49. The molecule has 5 heteroatoms. The van der Waals surface area contributed by atoms with E-state index in [0.29, 0.717) is 18.0 Å². The van der Waals surface area contributed by atoms with Crippen LogP contribution in [0.1, 0.15) is 70.0 Å². The number of nitrogens with zero attached hydrogens (tertiary/aromatic N) is 2. The molecule has 0 aliphatic heterocycles. The van der Waals surface area contributed by atoms with E-state index in [1.54, 1.807) is 0 Å². The largest absolute Gasteiger partial charge is 0.481 e. The Kier molecular flexibility index (Phi) is 5.21. The molecule has 1 aliphatic rings. The molecule has 2 rings (SSSR count). The van der Waals surface area contributed by atoms with Crippen LogP contribution in [0, 0.1) is 5.41 Å². The summed E-state index contributed by atoms with van der Waals surface area (Å²) in [5.74, 6) is -0.739. The van der Waals surface area contributed by atoms with Crippen molar-refractivity contribution < 1.29 is 9.90 Å². The minimum absolute atomic E-state index is 0.177. The van der Waals surface area contributed by atoms with Crippen LogP contribution in [0.25, 0.3) is 0 Å². The molecule has 0 unspecified atom stereocenters. The Balaban J connectivity index is 2.19. The van der Waals surface area contributed by atoms with Crippen molar-refractivity contribution in [3.05, 3.63) is 15.6 Å². The Labute approximate surface area is 143 Å². The van der Waals surface area contributed by atoms with E-state index in [9.17, 15) is 4.79 Å². The van der Waals surface area contributed by atoms with Crippen LogP contribution >= 0.6 is 11.3 Å². The van der Waals surface area contributed by atoms with Gasteiger partial charge >= 0.3 is 5.97 Å². The molecule has 1 aromatic heterocycles. The summed E-state index contributed by atoms with van der Waals surface area (Å²) in [6.07, 6.45) is 2.41. The van der Waals surface area contributed by atoms with Crippen molar-refractivity contribution in [2.24, 2.45) is 5.41 Å². The lowest BCUT2D eigenvalue weighted by atomic mass is 9.67. The van der Waals surface area contributed by atoms with Gasteiger partial charge in [-0.1, -0.05) is 27.7 Å². The quantitative estimate of drug-likeness (QED) is 0.849. The van der Waals surface area contributed by atoms with Crippen LogP contribution in [0.2, 0.25) is 0 Å². The van der Waals surface area contributed by atoms with Crippen molar-refractivity contribution in [3.63, 3.8) is 0 Å². The number of fused-ring (bicyclic) bond motifs is 1. The molecule has 0 saturated heterocycles. The minimum atomic E-state index is -0.739. The highest BCUT2D eigenvalue weighted by Crippen LogP contribution is 2.47. The van der Waals surface area contributed by atoms with Crippen molar-refractivity contribution in [3.8, 4) is 0 Å². The number of carboxylic acid groups (broad SMARTS) is 1. The second-order valence-corrected chi connectivity index (χ2v) is 9.58. The number of hydrogen-bond acceptors (Lipinski definition) is 4. The average molecular weight is 339 g/mol. The Morgan fingerprint density at radius 1 is 1.35 bits per heavy atom. The number of aromatic nitrogens is 1. The number of carboxylic acids is 1. The van der Waals surface area contributed by atoms with Gasteiger partial charge in [0.15, 0.2) is 0 Å². The molecule has 130 valence electrons. The Morgan fingerprint density at radius 2 is 2.00 bits per heavy atom. The maximum atomic E-state index is 10.9. The van der Waals surface area contributed by atoms with E-state index < -0.39 is 5.97 Å². The van der Waals surface area contributed by atoms with E-state index in [-0.39, 0.29) is 11.8 Å². The van der Waals surface area contributed by atoms with Gasteiger partial charge in [0.05, 0.1) is 18.7 Å². The van der Waals surface area contributed by atoms with Crippen LogP contribution < -0.4 is 0 Å². The smallest absolute Gasteiger partial charge is 0.304 e. The highest BCUT2D eigenvalue weighted by atomic mass is 32.1. The molecule has 4 nitrogen and oxygen atoms in total. The molecule has 0 aromatic carbocycles. The van der Waals surface area contributed by atoms with Crippen LogP contribution in [0.4, 0.5) is 0 Å². The summed E-state index contributed by atoms with van der Waals surface area (Å²) in [6.45, 7) is 14.8. The van der Waals surface area contributed by atoms with Gasteiger partial charge in [-0.2, -0.15) is 0 Å². The second kappa shape index (κ2) is 6.52. The molecule has 0 amide bonds.